The molecule has 0 bridgehead atoms. The topological polar surface area (TPSA) is 74.1 Å². The Morgan fingerprint density at radius 3 is 2.63 bits per heavy atom. The number of rotatable bonds is 12. The third kappa shape index (κ3) is 7.19. The minimum atomic E-state index is 0. The summed E-state index contributed by atoms with van der Waals surface area (Å²) < 4.78 is 13.6. The molecule has 30 heavy (non-hydrogen) atoms. The van der Waals surface area contributed by atoms with E-state index in [4.69, 9.17) is 9.47 Å². The lowest BCUT2D eigenvalue weighted by atomic mass is 10.1. The van der Waals surface area contributed by atoms with Gasteiger partial charge >= 0.3 is 0 Å². The van der Waals surface area contributed by atoms with Crippen LogP contribution in [0.15, 0.2) is 53.7 Å². The quantitative estimate of drug-likeness (QED) is 0.332. The van der Waals surface area contributed by atoms with Gasteiger partial charge in [0.15, 0.2) is 11.5 Å². The maximum absolute atomic E-state index is 6.15. The van der Waals surface area contributed by atoms with E-state index in [1.165, 1.54) is 0 Å². The van der Waals surface area contributed by atoms with Crippen molar-refractivity contribution in [2.24, 2.45) is 7.05 Å². The molecule has 3 rings (SSSR count). The summed E-state index contributed by atoms with van der Waals surface area (Å²) in [5, 5.41) is 15.8. The van der Waals surface area contributed by atoms with Gasteiger partial charge in [-0.25, -0.2) is 4.68 Å². The standard InChI is InChI=1S/C21H27N5O2S.ClH/c1-3-27-19-12-7-11-18(20(19)28-16-17-9-5-4-6-10-17)15-22-13-8-14-29-21-23-24-25-26(21)2;/h4-7,9-12,22H,3,8,13-16H2,1-2H3;1H. The number of aromatic nitrogens is 4. The van der Waals surface area contributed by atoms with Crippen molar-refractivity contribution in [3.63, 3.8) is 0 Å². The van der Waals surface area contributed by atoms with E-state index in [1.54, 1.807) is 16.4 Å². The molecule has 9 heteroatoms. The van der Waals surface area contributed by atoms with E-state index in [1.807, 2.05) is 44.3 Å². The van der Waals surface area contributed by atoms with Crippen molar-refractivity contribution >= 4 is 24.2 Å². The van der Waals surface area contributed by atoms with Crippen molar-refractivity contribution in [1.29, 1.82) is 0 Å². The molecule has 0 fully saturated rings. The average molecular weight is 450 g/mol. The van der Waals surface area contributed by atoms with Crippen molar-refractivity contribution in [3.05, 3.63) is 59.7 Å². The Hall–Kier alpha value is -2.29. The van der Waals surface area contributed by atoms with E-state index in [2.05, 4.69) is 39.0 Å². The van der Waals surface area contributed by atoms with E-state index >= 15 is 0 Å². The Morgan fingerprint density at radius 1 is 1.07 bits per heavy atom. The molecule has 0 radical (unpaired) electrons. The second kappa shape index (κ2) is 13.1. The van der Waals surface area contributed by atoms with Crippen LogP contribution in [0, 0.1) is 0 Å². The average Bonchev–Trinajstić information content (AvgIpc) is 3.15. The summed E-state index contributed by atoms with van der Waals surface area (Å²) in [5.41, 5.74) is 2.23. The zero-order chi connectivity index (χ0) is 20.3. The highest BCUT2D eigenvalue weighted by Gasteiger charge is 2.11. The highest BCUT2D eigenvalue weighted by molar-refractivity contribution is 7.99. The lowest BCUT2D eigenvalue weighted by Gasteiger charge is -2.16. The first-order valence-corrected chi connectivity index (χ1v) is 10.7. The minimum absolute atomic E-state index is 0. The third-order valence-corrected chi connectivity index (χ3v) is 5.31. The number of nitrogens with one attached hydrogen (secondary N) is 1. The summed E-state index contributed by atoms with van der Waals surface area (Å²) in [6, 6.07) is 16.2. The molecule has 0 spiro atoms. The molecule has 0 aliphatic rings. The number of nitrogens with zero attached hydrogens (tertiary/aromatic N) is 4. The highest BCUT2D eigenvalue weighted by Crippen LogP contribution is 2.32. The van der Waals surface area contributed by atoms with E-state index in [9.17, 15) is 0 Å². The van der Waals surface area contributed by atoms with Gasteiger partial charge in [0.05, 0.1) is 6.61 Å². The minimum Gasteiger partial charge on any atom is -0.490 e. The highest BCUT2D eigenvalue weighted by atomic mass is 35.5. The normalized spacial score (nSPS) is 10.5. The smallest absolute Gasteiger partial charge is 0.209 e. The van der Waals surface area contributed by atoms with Crippen LogP contribution in [0.4, 0.5) is 0 Å². The number of para-hydroxylation sites is 1. The molecule has 162 valence electrons. The van der Waals surface area contributed by atoms with Crippen LogP contribution in [0.2, 0.25) is 0 Å². The van der Waals surface area contributed by atoms with Crippen LogP contribution < -0.4 is 14.8 Å². The van der Waals surface area contributed by atoms with Crippen LogP contribution in [-0.2, 0) is 20.2 Å². The van der Waals surface area contributed by atoms with Gasteiger partial charge in [-0.2, -0.15) is 0 Å². The van der Waals surface area contributed by atoms with E-state index < -0.39 is 0 Å². The first-order valence-electron chi connectivity index (χ1n) is 9.75. The number of benzene rings is 2. The number of hydrogen-bond acceptors (Lipinski definition) is 7. The zero-order valence-electron chi connectivity index (χ0n) is 17.3. The molecule has 2 aromatic carbocycles. The SMILES string of the molecule is CCOc1cccc(CNCCCSc2nnnn2C)c1OCc1ccccc1.Cl. The fraction of sp³-hybridized carbons (Fsp3) is 0.381. The number of aryl methyl sites for hydroxylation is 1. The molecular weight excluding hydrogens is 422 g/mol. The summed E-state index contributed by atoms with van der Waals surface area (Å²) in [4.78, 5) is 0. The van der Waals surface area contributed by atoms with Gasteiger partial charge in [0.25, 0.3) is 0 Å². The molecule has 0 saturated heterocycles. The number of tetrazole rings is 1. The molecule has 0 aliphatic heterocycles. The molecule has 3 aromatic rings. The van der Waals surface area contributed by atoms with Crippen LogP contribution in [0.1, 0.15) is 24.5 Å². The Morgan fingerprint density at radius 2 is 1.90 bits per heavy atom. The Kier molecular flexibility index (Phi) is 10.5. The van der Waals surface area contributed by atoms with Gasteiger partial charge in [-0.05, 0) is 41.9 Å². The maximum atomic E-state index is 6.15. The Bertz CT molecular complexity index is 879. The second-order valence-corrected chi connectivity index (χ2v) is 7.48. The van der Waals surface area contributed by atoms with Gasteiger partial charge in [-0.1, -0.05) is 54.2 Å². The maximum Gasteiger partial charge on any atom is 0.209 e. The predicted octanol–water partition coefficient (Wildman–Crippen LogP) is 3.88. The molecule has 0 unspecified atom stereocenters. The summed E-state index contributed by atoms with van der Waals surface area (Å²) in [7, 11) is 1.85. The van der Waals surface area contributed by atoms with E-state index in [0.29, 0.717) is 13.2 Å². The molecular formula is C21H28ClN5O2S. The van der Waals surface area contributed by atoms with Crippen LogP contribution >= 0.6 is 24.2 Å². The zero-order valence-corrected chi connectivity index (χ0v) is 18.9. The number of thioether (sulfide) groups is 1. The molecule has 7 nitrogen and oxygen atoms in total. The predicted molar refractivity (Wildman–Crippen MR) is 121 cm³/mol. The fourth-order valence-electron chi connectivity index (χ4n) is 2.79. The van der Waals surface area contributed by atoms with E-state index in [-0.39, 0.29) is 12.4 Å². The number of ether oxygens (including phenoxy) is 2. The van der Waals surface area contributed by atoms with Crippen molar-refractivity contribution < 1.29 is 9.47 Å². The van der Waals surface area contributed by atoms with Crippen molar-refractivity contribution in [1.82, 2.24) is 25.5 Å². The fourth-order valence-corrected chi connectivity index (χ4v) is 3.58. The Balaban J connectivity index is 0.00000320. The van der Waals surface area contributed by atoms with Gasteiger partial charge in [0, 0.05) is 24.9 Å². The molecule has 1 N–H and O–H groups in total. The number of halogens is 1. The molecule has 1 aromatic heterocycles. The molecule has 0 atom stereocenters. The first kappa shape index (κ1) is 24.0. The van der Waals surface area contributed by atoms with E-state index in [0.717, 1.165) is 53.0 Å². The Labute approximate surface area is 188 Å². The van der Waals surface area contributed by atoms with Crippen molar-refractivity contribution in [3.8, 4) is 11.5 Å². The number of hydrogen-bond donors (Lipinski definition) is 1. The third-order valence-electron chi connectivity index (χ3n) is 4.21. The van der Waals surface area contributed by atoms with Crippen molar-refractivity contribution in [2.75, 3.05) is 18.9 Å². The van der Waals surface area contributed by atoms with Crippen LogP contribution in [0.3, 0.4) is 0 Å². The van der Waals surface area contributed by atoms with Crippen molar-refractivity contribution in [2.45, 2.75) is 31.7 Å². The summed E-state index contributed by atoms with van der Waals surface area (Å²) in [5.74, 6) is 2.55. The van der Waals surface area contributed by atoms with Gasteiger partial charge < -0.3 is 14.8 Å². The van der Waals surface area contributed by atoms with Gasteiger partial charge in [-0.3, -0.25) is 0 Å². The monoisotopic (exact) mass is 449 g/mol. The van der Waals surface area contributed by atoms with Gasteiger partial charge in [0.1, 0.15) is 6.61 Å². The van der Waals surface area contributed by atoms with Gasteiger partial charge in [0.2, 0.25) is 5.16 Å². The second-order valence-electron chi connectivity index (χ2n) is 6.42. The molecule has 0 amide bonds. The largest absolute Gasteiger partial charge is 0.490 e. The summed E-state index contributed by atoms with van der Waals surface area (Å²) in [6.45, 7) is 4.72. The molecule has 1 heterocycles. The summed E-state index contributed by atoms with van der Waals surface area (Å²) >= 11 is 1.66. The van der Waals surface area contributed by atoms with Crippen LogP contribution in [-0.4, -0.2) is 39.1 Å². The summed E-state index contributed by atoms with van der Waals surface area (Å²) in [6.07, 6.45) is 1.02. The lowest BCUT2D eigenvalue weighted by molar-refractivity contribution is 0.266. The lowest BCUT2D eigenvalue weighted by Crippen LogP contribution is -2.16. The van der Waals surface area contributed by atoms with Crippen LogP contribution in [0.5, 0.6) is 11.5 Å². The first-order chi connectivity index (χ1) is 14.3. The van der Waals surface area contributed by atoms with Crippen LogP contribution in [0.25, 0.3) is 0 Å². The molecule has 0 aliphatic carbocycles. The van der Waals surface area contributed by atoms with Gasteiger partial charge in [-0.15, -0.1) is 17.5 Å². The molecule has 0 saturated carbocycles.